The minimum Gasteiger partial charge on any atom is -0.404 e. The number of hydrogen-bond acceptors (Lipinski definition) is 5. The van der Waals surface area contributed by atoms with Crippen LogP contribution >= 0.6 is 0 Å². The van der Waals surface area contributed by atoms with E-state index in [0.717, 1.165) is 6.54 Å². The molecule has 0 aliphatic rings. The van der Waals surface area contributed by atoms with Gasteiger partial charge in [0.2, 0.25) is 0 Å². The normalized spacial score (nSPS) is 12.5. The van der Waals surface area contributed by atoms with Crippen LogP contribution in [0.3, 0.4) is 0 Å². The highest BCUT2D eigenvalue weighted by atomic mass is 16.6. The molecule has 0 fully saturated rings. The van der Waals surface area contributed by atoms with E-state index in [-0.39, 0.29) is 11.9 Å². The molecule has 1 aromatic carbocycles. The molecule has 0 radical (unpaired) electrons. The van der Waals surface area contributed by atoms with Gasteiger partial charge in [-0.15, -0.1) is 0 Å². The first kappa shape index (κ1) is 15.2. The van der Waals surface area contributed by atoms with Crippen LogP contribution in [-0.4, -0.2) is 30.5 Å². The van der Waals surface area contributed by atoms with E-state index >= 15 is 0 Å². The smallest absolute Gasteiger partial charge is 0.404 e. The molecule has 1 unspecified atom stereocenters. The summed E-state index contributed by atoms with van der Waals surface area (Å²) in [6.07, 6.45) is 0. The van der Waals surface area contributed by atoms with Crippen molar-refractivity contribution in [3.8, 4) is 0 Å². The summed E-state index contributed by atoms with van der Waals surface area (Å²) in [6.45, 7) is 1.19. The first-order valence-corrected chi connectivity index (χ1v) is 6.73. The molecule has 0 bridgehead atoms. The molecule has 112 valence electrons. The van der Waals surface area contributed by atoms with E-state index in [1.54, 1.807) is 6.07 Å². The summed E-state index contributed by atoms with van der Waals surface area (Å²) in [6, 6.07) is 13.4. The summed E-state index contributed by atoms with van der Waals surface area (Å²) in [5, 5.41) is 13.8. The molecule has 0 amide bonds. The van der Waals surface area contributed by atoms with Crippen molar-refractivity contribution in [3.63, 3.8) is 0 Å². The summed E-state index contributed by atoms with van der Waals surface area (Å²) >= 11 is 0. The number of nitrogens with zero attached hydrogens (tertiary/aromatic N) is 2. The lowest BCUT2D eigenvalue weighted by atomic mass is 10.1. The minimum atomic E-state index is -0.532. The van der Waals surface area contributed by atoms with Crippen molar-refractivity contribution in [2.75, 3.05) is 20.6 Å². The summed E-state index contributed by atoms with van der Waals surface area (Å²) < 4.78 is 5.12. The zero-order chi connectivity index (χ0) is 15.2. The Kier molecular flexibility index (Phi) is 5.08. The number of nitrogens with one attached hydrogen (secondary N) is 1. The summed E-state index contributed by atoms with van der Waals surface area (Å²) in [5.74, 6) is 0.339. The fourth-order valence-corrected chi connectivity index (χ4v) is 2.17. The van der Waals surface area contributed by atoms with Crippen LogP contribution in [0.25, 0.3) is 0 Å². The van der Waals surface area contributed by atoms with E-state index in [9.17, 15) is 10.1 Å². The Labute approximate surface area is 123 Å². The molecular weight excluding hydrogens is 270 g/mol. The van der Waals surface area contributed by atoms with Gasteiger partial charge < -0.3 is 14.6 Å². The summed E-state index contributed by atoms with van der Waals surface area (Å²) in [4.78, 5) is 12.2. The van der Waals surface area contributed by atoms with E-state index in [1.165, 1.54) is 11.6 Å². The van der Waals surface area contributed by atoms with Crippen LogP contribution in [0.1, 0.15) is 17.4 Å². The van der Waals surface area contributed by atoms with Crippen molar-refractivity contribution < 1.29 is 9.34 Å². The average Bonchev–Trinajstić information content (AvgIpc) is 2.93. The lowest BCUT2D eigenvalue weighted by Gasteiger charge is -2.25. The quantitative estimate of drug-likeness (QED) is 0.626. The second-order valence-electron chi connectivity index (χ2n) is 5.02. The van der Waals surface area contributed by atoms with Crippen LogP contribution in [0.5, 0.6) is 0 Å². The standard InChI is InChI=1S/C15H19N3O3/c1-17(2)14(12-6-4-3-5-7-12)11-16-10-13-8-9-15(21-13)18(19)20/h3-9,14,16H,10-11H2,1-2H3. The molecule has 1 atom stereocenters. The number of furan rings is 1. The van der Waals surface area contributed by atoms with E-state index in [2.05, 4.69) is 22.3 Å². The molecule has 0 aliphatic carbocycles. The van der Waals surface area contributed by atoms with E-state index in [0.29, 0.717) is 12.3 Å². The molecule has 0 saturated carbocycles. The number of benzene rings is 1. The van der Waals surface area contributed by atoms with Gasteiger partial charge in [-0.1, -0.05) is 30.3 Å². The molecule has 21 heavy (non-hydrogen) atoms. The Balaban J connectivity index is 1.92. The maximum Gasteiger partial charge on any atom is 0.433 e. The fourth-order valence-electron chi connectivity index (χ4n) is 2.17. The molecule has 1 N–H and O–H groups in total. The zero-order valence-electron chi connectivity index (χ0n) is 12.2. The van der Waals surface area contributed by atoms with Gasteiger partial charge in [0.15, 0.2) is 0 Å². The molecule has 2 aromatic rings. The Hall–Kier alpha value is -2.18. The molecule has 0 spiro atoms. The van der Waals surface area contributed by atoms with E-state index in [4.69, 9.17) is 4.42 Å². The van der Waals surface area contributed by atoms with E-state index in [1.807, 2.05) is 32.3 Å². The zero-order valence-corrected chi connectivity index (χ0v) is 12.2. The van der Waals surface area contributed by atoms with E-state index < -0.39 is 4.92 Å². The van der Waals surface area contributed by atoms with Crippen LogP contribution in [0.15, 0.2) is 46.9 Å². The maximum absolute atomic E-state index is 10.6. The first-order valence-electron chi connectivity index (χ1n) is 6.73. The highest BCUT2D eigenvalue weighted by Gasteiger charge is 2.15. The predicted octanol–water partition coefficient (Wildman–Crippen LogP) is 2.58. The van der Waals surface area contributed by atoms with Crippen LogP contribution in [0, 0.1) is 10.1 Å². The molecule has 6 nitrogen and oxygen atoms in total. The summed E-state index contributed by atoms with van der Waals surface area (Å²) in [5.41, 5.74) is 1.22. The van der Waals surface area contributed by atoms with Crippen molar-refractivity contribution in [3.05, 3.63) is 63.9 Å². The lowest BCUT2D eigenvalue weighted by molar-refractivity contribution is -0.402. The second kappa shape index (κ2) is 7.01. The molecule has 1 aromatic heterocycles. The van der Waals surface area contributed by atoms with Crippen molar-refractivity contribution in [1.82, 2.24) is 10.2 Å². The van der Waals surface area contributed by atoms with Crippen LogP contribution in [0.2, 0.25) is 0 Å². The van der Waals surface area contributed by atoms with Crippen molar-refractivity contribution in [2.24, 2.45) is 0 Å². The number of likely N-dealkylation sites (N-methyl/N-ethyl adjacent to an activating group) is 1. The Morgan fingerprint density at radius 3 is 2.52 bits per heavy atom. The van der Waals surface area contributed by atoms with Gasteiger partial charge in [-0.25, -0.2) is 0 Å². The molecule has 0 aliphatic heterocycles. The molecule has 6 heteroatoms. The third-order valence-electron chi connectivity index (χ3n) is 3.27. The average molecular weight is 289 g/mol. The predicted molar refractivity (Wildman–Crippen MR) is 79.9 cm³/mol. The molecule has 2 rings (SSSR count). The monoisotopic (exact) mass is 289 g/mol. The van der Waals surface area contributed by atoms with Gasteiger partial charge in [0.1, 0.15) is 10.7 Å². The molecule has 1 heterocycles. The first-order chi connectivity index (χ1) is 10.1. The lowest BCUT2D eigenvalue weighted by Crippen LogP contribution is -2.30. The largest absolute Gasteiger partial charge is 0.433 e. The second-order valence-corrected chi connectivity index (χ2v) is 5.02. The van der Waals surface area contributed by atoms with Gasteiger partial charge in [0.05, 0.1) is 12.6 Å². The van der Waals surface area contributed by atoms with Crippen molar-refractivity contribution in [2.45, 2.75) is 12.6 Å². The van der Waals surface area contributed by atoms with Crippen LogP contribution in [-0.2, 0) is 6.54 Å². The van der Waals surface area contributed by atoms with Gasteiger partial charge in [-0.3, -0.25) is 10.1 Å². The topological polar surface area (TPSA) is 71.5 Å². The minimum absolute atomic E-state index is 0.223. The Bertz CT molecular complexity index is 581. The number of hydrogen-bond donors (Lipinski definition) is 1. The van der Waals surface area contributed by atoms with Gasteiger partial charge in [0.25, 0.3) is 0 Å². The number of nitro groups is 1. The van der Waals surface area contributed by atoms with Gasteiger partial charge in [0, 0.05) is 12.6 Å². The molecular formula is C15H19N3O3. The number of rotatable bonds is 7. The van der Waals surface area contributed by atoms with Crippen molar-refractivity contribution in [1.29, 1.82) is 0 Å². The third-order valence-corrected chi connectivity index (χ3v) is 3.27. The van der Waals surface area contributed by atoms with Crippen molar-refractivity contribution >= 4 is 5.88 Å². The van der Waals surface area contributed by atoms with Crippen LogP contribution in [0.4, 0.5) is 5.88 Å². The maximum atomic E-state index is 10.6. The highest BCUT2D eigenvalue weighted by molar-refractivity contribution is 5.20. The molecule has 0 saturated heterocycles. The summed E-state index contributed by atoms with van der Waals surface area (Å²) in [7, 11) is 4.05. The van der Waals surface area contributed by atoms with Gasteiger partial charge >= 0.3 is 5.88 Å². The van der Waals surface area contributed by atoms with Crippen LogP contribution < -0.4 is 5.32 Å². The van der Waals surface area contributed by atoms with Gasteiger partial charge in [-0.2, -0.15) is 0 Å². The SMILES string of the molecule is CN(C)C(CNCc1ccc([N+](=O)[O-])o1)c1ccccc1. The third kappa shape index (κ3) is 4.14. The Morgan fingerprint density at radius 2 is 1.95 bits per heavy atom. The van der Waals surface area contributed by atoms with Gasteiger partial charge in [-0.05, 0) is 25.7 Å². The highest BCUT2D eigenvalue weighted by Crippen LogP contribution is 2.18. The fraction of sp³-hybridized carbons (Fsp3) is 0.333. The Morgan fingerprint density at radius 1 is 1.24 bits per heavy atom.